The number of benzene rings is 2. The van der Waals surface area contributed by atoms with Crippen molar-refractivity contribution in [1.82, 2.24) is 10.4 Å². The van der Waals surface area contributed by atoms with Gasteiger partial charge in [0, 0.05) is 38.7 Å². The quantitative estimate of drug-likeness (QED) is 0.148. The van der Waals surface area contributed by atoms with Gasteiger partial charge in [-0.3, -0.25) is 14.8 Å². The lowest BCUT2D eigenvalue weighted by atomic mass is 9.95. The smallest absolute Gasteiger partial charge is 0.265 e. The van der Waals surface area contributed by atoms with Crippen molar-refractivity contribution in [1.29, 1.82) is 0 Å². The average Bonchev–Trinajstić information content (AvgIpc) is 2.95. The van der Waals surface area contributed by atoms with Crippen LogP contribution in [0, 0.1) is 0 Å². The van der Waals surface area contributed by atoms with Gasteiger partial charge in [0.25, 0.3) is 5.91 Å². The molecule has 0 radical (unpaired) electrons. The highest BCUT2D eigenvalue weighted by atomic mass is 35.5. The number of amides is 1. The first kappa shape index (κ1) is 32.5. The van der Waals surface area contributed by atoms with Crippen LogP contribution in [0.25, 0.3) is 0 Å². The van der Waals surface area contributed by atoms with Gasteiger partial charge in [0.05, 0.1) is 25.2 Å². The summed E-state index contributed by atoms with van der Waals surface area (Å²) in [7, 11) is -0.929. The minimum atomic E-state index is -4.10. The largest absolute Gasteiger partial charge is 0.497 e. The number of halogens is 1. The lowest BCUT2D eigenvalue weighted by Crippen LogP contribution is -2.57. The van der Waals surface area contributed by atoms with Crippen LogP contribution in [0.15, 0.2) is 53.4 Å². The number of carbonyl (C=O) groups excluding carboxylic acids is 2. The third-order valence-electron chi connectivity index (χ3n) is 6.92. The van der Waals surface area contributed by atoms with E-state index < -0.39 is 20.5 Å². The van der Waals surface area contributed by atoms with Crippen molar-refractivity contribution in [2.24, 2.45) is 0 Å². The summed E-state index contributed by atoms with van der Waals surface area (Å²) in [6, 6.07) is 12.9. The van der Waals surface area contributed by atoms with Gasteiger partial charge in [0.1, 0.15) is 11.5 Å². The van der Waals surface area contributed by atoms with Crippen molar-refractivity contribution < 1.29 is 37.4 Å². The Bertz CT molecular complexity index is 1170. The van der Waals surface area contributed by atoms with Crippen LogP contribution in [0.5, 0.6) is 11.5 Å². The number of rotatable bonds is 14. The van der Waals surface area contributed by atoms with Gasteiger partial charge in [-0.25, -0.2) is 13.9 Å². The lowest BCUT2D eigenvalue weighted by Gasteiger charge is -2.39. The number of ketones is 1. The molecule has 2 aromatic rings. The maximum absolute atomic E-state index is 13.6. The summed E-state index contributed by atoms with van der Waals surface area (Å²) in [6.45, 7) is 2.29. The van der Waals surface area contributed by atoms with Gasteiger partial charge in [-0.05, 0) is 74.2 Å². The van der Waals surface area contributed by atoms with E-state index in [0.29, 0.717) is 69.2 Å². The minimum absolute atomic E-state index is 0. The summed E-state index contributed by atoms with van der Waals surface area (Å²) >= 11 is 0. The zero-order valence-corrected chi connectivity index (χ0v) is 23.9. The highest BCUT2D eigenvalue weighted by Crippen LogP contribution is 2.36. The van der Waals surface area contributed by atoms with Crippen LogP contribution in [0.2, 0.25) is 0 Å². The summed E-state index contributed by atoms with van der Waals surface area (Å²) in [5, 5.41) is 9.33. The van der Waals surface area contributed by atoms with Gasteiger partial charge >= 0.3 is 0 Å². The summed E-state index contributed by atoms with van der Waals surface area (Å²) in [5.74, 6) is 0.311. The molecule has 0 aliphatic carbocycles. The molecule has 10 nitrogen and oxygen atoms in total. The molecule has 0 saturated carbocycles. The zero-order chi connectivity index (χ0) is 27.6. The van der Waals surface area contributed by atoms with E-state index in [0.717, 1.165) is 0 Å². The highest BCUT2D eigenvalue weighted by molar-refractivity contribution is 7.93. The number of carbonyl (C=O) groups is 2. The Labute approximate surface area is 235 Å². The Hall–Kier alpha value is -2.70. The fourth-order valence-electron chi connectivity index (χ4n) is 4.52. The first-order valence-electron chi connectivity index (χ1n) is 12.6. The molecular formula is C27H37ClN2O8S. The molecule has 0 bridgehead atoms. The number of piperidine rings is 1. The Balaban J connectivity index is 0.00000533. The van der Waals surface area contributed by atoms with Crippen LogP contribution in [0.1, 0.15) is 42.5 Å². The number of ether oxygens (including phenoxy) is 3. The standard InChI is InChI=1S/C27H36N2O8S.ClH/c1-35-20-18-29-16-14-27(15-17-29,26(31)28-32)38(33,34)24-12-10-23(11-13-24)37-19-4-3-5-25(30)21-6-8-22(36-2)9-7-21;/h6-13,32H,3-5,14-20H2,1-2H3,(H,28,31);1H. The summed E-state index contributed by atoms with van der Waals surface area (Å²) in [5.41, 5.74) is 2.20. The third kappa shape index (κ3) is 7.92. The van der Waals surface area contributed by atoms with E-state index >= 15 is 0 Å². The molecule has 1 saturated heterocycles. The van der Waals surface area contributed by atoms with Crippen molar-refractivity contribution in [3.05, 3.63) is 54.1 Å². The van der Waals surface area contributed by atoms with E-state index in [9.17, 15) is 23.2 Å². The molecule has 216 valence electrons. The van der Waals surface area contributed by atoms with E-state index in [4.69, 9.17) is 14.2 Å². The zero-order valence-electron chi connectivity index (χ0n) is 22.3. The maximum Gasteiger partial charge on any atom is 0.265 e. The molecule has 1 fully saturated rings. The predicted molar refractivity (Wildman–Crippen MR) is 148 cm³/mol. The Morgan fingerprint density at radius 1 is 0.949 bits per heavy atom. The Kier molecular flexibility index (Phi) is 12.7. The Morgan fingerprint density at radius 2 is 1.56 bits per heavy atom. The van der Waals surface area contributed by atoms with Crippen molar-refractivity contribution >= 4 is 33.9 Å². The number of hydroxylamine groups is 1. The van der Waals surface area contributed by atoms with Gasteiger partial charge in [0.15, 0.2) is 20.4 Å². The number of Topliss-reactive ketones (excluding diaryl/α,β-unsaturated/α-hetero) is 1. The van der Waals surface area contributed by atoms with Gasteiger partial charge in [-0.2, -0.15) is 0 Å². The number of unbranched alkanes of at least 4 members (excludes halogenated alkanes) is 1. The molecule has 0 aromatic heterocycles. The number of likely N-dealkylation sites (tertiary alicyclic amines) is 1. The van der Waals surface area contributed by atoms with Gasteiger partial charge in [-0.15, -0.1) is 12.4 Å². The van der Waals surface area contributed by atoms with E-state index in [2.05, 4.69) is 0 Å². The van der Waals surface area contributed by atoms with Crippen LogP contribution in [0.4, 0.5) is 0 Å². The van der Waals surface area contributed by atoms with E-state index in [-0.39, 0.29) is 35.9 Å². The number of sulfone groups is 1. The van der Waals surface area contributed by atoms with Crippen molar-refractivity contribution in [2.45, 2.75) is 41.7 Å². The van der Waals surface area contributed by atoms with Crippen LogP contribution in [-0.2, 0) is 19.4 Å². The maximum atomic E-state index is 13.6. The SMILES string of the molecule is COCCN1CCC(C(=O)NO)(S(=O)(=O)c2ccc(OCCCCC(=O)c3ccc(OC)cc3)cc2)CC1.Cl. The molecule has 3 rings (SSSR count). The highest BCUT2D eigenvalue weighted by Gasteiger charge is 2.52. The molecule has 1 aliphatic heterocycles. The summed E-state index contributed by atoms with van der Waals surface area (Å²) in [4.78, 5) is 27.0. The normalized spacial score (nSPS) is 15.2. The molecular weight excluding hydrogens is 548 g/mol. The molecule has 1 aliphatic rings. The second-order valence-electron chi connectivity index (χ2n) is 9.20. The average molecular weight is 585 g/mol. The van der Waals surface area contributed by atoms with Gasteiger partial charge in [0.2, 0.25) is 0 Å². The molecule has 2 aromatic carbocycles. The van der Waals surface area contributed by atoms with Crippen molar-refractivity contribution in [3.63, 3.8) is 0 Å². The van der Waals surface area contributed by atoms with E-state index in [1.807, 2.05) is 4.90 Å². The number of nitrogens with zero attached hydrogens (tertiary/aromatic N) is 1. The molecule has 39 heavy (non-hydrogen) atoms. The van der Waals surface area contributed by atoms with Crippen LogP contribution < -0.4 is 15.0 Å². The molecule has 0 atom stereocenters. The molecule has 0 unspecified atom stereocenters. The first-order chi connectivity index (χ1) is 18.3. The molecule has 2 N–H and O–H groups in total. The third-order valence-corrected chi connectivity index (χ3v) is 9.43. The van der Waals surface area contributed by atoms with Crippen LogP contribution in [0.3, 0.4) is 0 Å². The fraction of sp³-hybridized carbons (Fsp3) is 0.481. The minimum Gasteiger partial charge on any atom is -0.497 e. The second kappa shape index (κ2) is 15.2. The van der Waals surface area contributed by atoms with E-state index in [1.165, 1.54) is 12.1 Å². The molecule has 0 spiro atoms. The van der Waals surface area contributed by atoms with Crippen molar-refractivity contribution in [3.8, 4) is 11.5 Å². The number of hydrogen-bond acceptors (Lipinski definition) is 9. The molecule has 1 heterocycles. The monoisotopic (exact) mass is 584 g/mol. The lowest BCUT2D eigenvalue weighted by molar-refractivity contribution is -0.133. The number of hydrogen-bond donors (Lipinski definition) is 2. The predicted octanol–water partition coefficient (Wildman–Crippen LogP) is 3.31. The van der Waals surface area contributed by atoms with Gasteiger partial charge < -0.3 is 19.1 Å². The second-order valence-corrected chi connectivity index (χ2v) is 11.5. The summed E-state index contributed by atoms with van der Waals surface area (Å²) in [6.07, 6.45) is 1.81. The van der Waals surface area contributed by atoms with Gasteiger partial charge in [-0.1, -0.05) is 0 Å². The molecule has 12 heteroatoms. The fourth-order valence-corrected chi connectivity index (χ4v) is 6.47. The Morgan fingerprint density at radius 3 is 2.13 bits per heavy atom. The van der Waals surface area contributed by atoms with E-state index in [1.54, 1.807) is 56.1 Å². The topological polar surface area (TPSA) is 131 Å². The number of nitrogens with one attached hydrogen (secondary N) is 1. The number of methoxy groups -OCH3 is 2. The van der Waals surface area contributed by atoms with Crippen LogP contribution in [-0.4, -0.2) is 82.0 Å². The van der Waals surface area contributed by atoms with Crippen molar-refractivity contribution in [2.75, 3.05) is 47.1 Å². The summed E-state index contributed by atoms with van der Waals surface area (Å²) < 4.78 is 41.3. The first-order valence-corrected chi connectivity index (χ1v) is 14.1. The molecule has 1 amide bonds. The van der Waals surface area contributed by atoms with Crippen LogP contribution >= 0.6 is 12.4 Å².